The normalized spacial score (nSPS) is 25.9. The summed E-state index contributed by atoms with van der Waals surface area (Å²) in [5, 5.41) is 6.35. The van der Waals surface area contributed by atoms with Crippen LogP contribution in [-0.4, -0.2) is 67.4 Å². The number of amides is 1. The minimum absolute atomic E-state index is 0.00982. The molecule has 0 aromatic heterocycles. The summed E-state index contributed by atoms with van der Waals surface area (Å²) in [6.07, 6.45) is 1.12. The van der Waals surface area contributed by atoms with Gasteiger partial charge >= 0.3 is 0 Å². The van der Waals surface area contributed by atoms with Gasteiger partial charge in [-0.1, -0.05) is 13.8 Å². The number of nitrogens with one attached hydrogen (secondary N) is 2. The minimum atomic E-state index is -0.00982. The highest BCUT2D eigenvalue weighted by molar-refractivity contribution is 7.99. The Morgan fingerprint density at radius 1 is 1.45 bits per heavy atom. The topological polar surface area (TPSA) is 53.6 Å². The lowest BCUT2D eigenvalue weighted by atomic mass is 10.0. The van der Waals surface area contributed by atoms with E-state index in [9.17, 15) is 4.79 Å². The molecule has 0 aromatic rings. The lowest BCUT2D eigenvalue weighted by Crippen LogP contribution is -2.51. The van der Waals surface area contributed by atoms with E-state index in [-0.39, 0.29) is 11.9 Å². The van der Waals surface area contributed by atoms with E-state index in [4.69, 9.17) is 4.74 Å². The quantitative estimate of drug-likeness (QED) is 0.749. The molecular weight excluding hydrogens is 274 g/mol. The van der Waals surface area contributed by atoms with Crippen LogP contribution in [0.3, 0.4) is 0 Å². The molecule has 2 fully saturated rings. The van der Waals surface area contributed by atoms with E-state index in [1.165, 1.54) is 0 Å². The van der Waals surface area contributed by atoms with Gasteiger partial charge in [0.25, 0.3) is 0 Å². The van der Waals surface area contributed by atoms with Crippen LogP contribution >= 0.6 is 11.8 Å². The summed E-state index contributed by atoms with van der Waals surface area (Å²) in [6.45, 7) is 8.80. The maximum Gasteiger partial charge on any atom is 0.238 e. The second-order valence-corrected chi connectivity index (χ2v) is 6.98. The maximum atomic E-state index is 12.1. The zero-order valence-electron chi connectivity index (χ0n) is 12.6. The van der Waals surface area contributed by atoms with Gasteiger partial charge in [-0.25, -0.2) is 0 Å². The molecule has 116 valence electrons. The van der Waals surface area contributed by atoms with Crippen LogP contribution in [0.4, 0.5) is 0 Å². The molecule has 5 nitrogen and oxygen atoms in total. The van der Waals surface area contributed by atoms with Crippen molar-refractivity contribution in [2.75, 3.05) is 44.5 Å². The lowest BCUT2D eigenvalue weighted by Gasteiger charge is -2.35. The van der Waals surface area contributed by atoms with E-state index in [0.717, 1.165) is 50.9 Å². The first kappa shape index (κ1) is 16.1. The molecule has 2 heterocycles. The average molecular weight is 301 g/mol. The van der Waals surface area contributed by atoms with Crippen LogP contribution in [-0.2, 0) is 9.53 Å². The van der Waals surface area contributed by atoms with E-state index in [2.05, 4.69) is 29.4 Å². The van der Waals surface area contributed by atoms with Crippen molar-refractivity contribution in [3.63, 3.8) is 0 Å². The molecule has 2 N–H and O–H groups in total. The van der Waals surface area contributed by atoms with Gasteiger partial charge < -0.3 is 10.1 Å². The molecule has 0 aromatic carbocycles. The van der Waals surface area contributed by atoms with Crippen molar-refractivity contribution in [3.8, 4) is 0 Å². The highest BCUT2D eigenvalue weighted by atomic mass is 32.2. The van der Waals surface area contributed by atoms with E-state index < -0.39 is 0 Å². The van der Waals surface area contributed by atoms with E-state index in [0.29, 0.717) is 12.0 Å². The highest BCUT2D eigenvalue weighted by Crippen LogP contribution is 2.14. The van der Waals surface area contributed by atoms with Crippen molar-refractivity contribution in [3.05, 3.63) is 0 Å². The molecule has 2 rings (SSSR count). The van der Waals surface area contributed by atoms with Crippen molar-refractivity contribution >= 4 is 17.7 Å². The lowest BCUT2D eigenvalue weighted by molar-refractivity contribution is -0.122. The molecule has 0 aliphatic carbocycles. The van der Waals surface area contributed by atoms with Crippen LogP contribution in [0.15, 0.2) is 0 Å². The number of carbonyl (C=O) groups excluding carboxylic acids is 1. The Hall–Kier alpha value is -0.300. The zero-order chi connectivity index (χ0) is 14.4. The monoisotopic (exact) mass is 301 g/mol. The number of hydrogen-bond acceptors (Lipinski definition) is 5. The number of nitrogens with zero attached hydrogens (tertiary/aromatic N) is 1. The van der Waals surface area contributed by atoms with Gasteiger partial charge in [-0.3, -0.25) is 15.0 Å². The molecule has 2 saturated heterocycles. The summed E-state index contributed by atoms with van der Waals surface area (Å²) in [5.41, 5.74) is 0. The highest BCUT2D eigenvalue weighted by Gasteiger charge is 2.26. The van der Waals surface area contributed by atoms with Gasteiger partial charge in [0.2, 0.25) is 5.91 Å². The predicted octanol–water partition coefficient (Wildman–Crippen LogP) is 0.512. The third-order valence-electron chi connectivity index (χ3n) is 3.85. The molecule has 6 heteroatoms. The number of rotatable bonds is 6. The van der Waals surface area contributed by atoms with Crippen LogP contribution in [0.1, 0.15) is 20.3 Å². The first-order chi connectivity index (χ1) is 9.66. The van der Waals surface area contributed by atoms with Crippen LogP contribution in [0, 0.1) is 5.92 Å². The van der Waals surface area contributed by atoms with Gasteiger partial charge in [0.15, 0.2) is 0 Å². The van der Waals surface area contributed by atoms with Crippen molar-refractivity contribution in [2.45, 2.75) is 32.4 Å². The molecule has 1 amide bonds. The van der Waals surface area contributed by atoms with Crippen molar-refractivity contribution < 1.29 is 9.53 Å². The second-order valence-electron chi connectivity index (χ2n) is 5.95. The smallest absolute Gasteiger partial charge is 0.238 e. The van der Waals surface area contributed by atoms with E-state index in [1.807, 2.05) is 0 Å². The summed E-state index contributed by atoms with van der Waals surface area (Å²) in [4.78, 5) is 14.5. The van der Waals surface area contributed by atoms with Crippen LogP contribution in [0.25, 0.3) is 0 Å². The fourth-order valence-electron chi connectivity index (χ4n) is 2.75. The van der Waals surface area contributed by atoms with Crippen LogP contribution in [0.2, 0.25) is 0 Å². The Morgan fingerprint density at radius 3 is 2.80 bits per heavy atom. The van der Waals surface area contributed by atoms with Gasteiger partial charge in [0, 0.05) is 37.3 Å². The number of hydrogen-bond donors (Lipinski definition) is 2. The summed E-state index contributed by atoms with van der Waals surface area (Å²) in [7, 11) is 0. The second kappa shape index (κ2) is 8.22. The number of thioether (sulfide) groups is 1. The Bertz CT molecular complexity index is 303. The molecule has 0 saturated carbocycles. The van der Waals surface area contributed by atoms with Gasteiger partial charge in [0.1, 0.15) is 0 Å². The van der Waals surface area contributed by atoms with Gasteiger partial charge in [0.05, 0.1) is 19.3 Å². The molecule has 2 atom stereocenters. The Morgan fingerprint density at radius 2 is 2.20 bits per heavy atom. The largest absolute Gasteiger partial charge is 0.379 e. The Kier molecular flexibility index (Phi) is 6.61. The van der Waals surface area contributed by atoms with E-state index in [1.54, 1.807) is 11.8 Å². The van der Waals surface area contributed by atoms with E-state index >= 15 is 0 Å². The number of ether oxygens (including phenoxy) is 1. The van der Waals surface area contributed by atoms with Gasteiger partial charge in [-0.2, -0.15) is 0 Å². The third-order valence-corrected chi connectivity index (χ3v) is 4.79. The molecule has 20 heavy (non-hydrogen) atoms. The van der Waals surface area contributed by atoms with Crippen LogP contribution in [0.5, 0.6) is 0 Å². The Labute approximate surface area is 126 Å². The minimum Gasteiger partial charge on any atom is -0.379 e. The van der Waals surface area contributed by atoms with Gasteiger partial charge in [-0.15, -0.1) is 11.8 Å². The number of carbonyl (C=O) groups is 1. The maximum absolute atomic E-state index is 12.1. The summed E-state index contributed by atoms with van der Waals surface area (Å²) in [5.74, 6) is 2.56. The third kappa shape index (κ3) is 4.91. The molecule has 0 radical (unpaired) electrons. The van der Waals surface area contributed by atoms with Crippen molar-refractivity contribution in [1.82, 2.24) is 15.5 Å². The Balaban J connectivity index is 1.81. The zero-order valence-corrected chi connectivity index (χ0v) is 13.4. The molecule has 2 aliphatic rings. The molecular formula is C14H27N3O2S. The SMILES string of the molecule is CC(C)CC(CNC(=O)C1CSCN1)N1CCOCC1. The summed E-state index contributed by atoms with van der Waals surface area (Å²) < 4.78 is 5.42. The molecule has 2 unspecified atom stereocenters. The van der Waals surface area contributed by atoms with Crippen LogP contribution < -0.4 is 10.6 Å². The molecule has 0 spiro atoms. The molecule has 2 aliphatic heterocycles. The predicted molar refractivity (Wildman–Crippen MR) is 82.9 cm³/mol. The standard InChI is InChI=1S/C14H27N3O2S/c1-11(2)7-12(17-3-5-19-6-4-17)8-15-14(18)13-9-20-10-16-13/h11-13,16H,3-10H2,1-2H3,(H,15,18). The number of morpholine rings is 1. The molecule has 0 bridgehead atoms. The first-order valence-corrected chi connectivity index (χ1v) is 8.73. The van der Waals surface area contributed by atoms with Crippen molar-refractivity contribution in [2.24, 2.45) is 5.92 Å². The summed E-state index contributed by atoms with van der Waals surface area (Å²) >= 11 is 1.78. The fourth-order valence-corrected chi connectivity index (χ4v) is 3.70. The fraction of sp³-hybridized carbons (Fsp3) is 0.929. The average Bonchev–Trinajstić information content (AvgIpc) is 2.98. The summed E-state index contributed by atoms with van der Waals surface area (Å²) in [6, 6.07) is 0.418. The first-order valence-electron chi connectivity index (χ1n) is 7.57. The van der Waals surface area contributed by atoms with Gasteiger partial charge in [-0.05, 0) is 12.3 Å². The van der Waals surface area contributed by atoms with Crippen molar-refractivity contribution in [1.29, 1.82) is 0 Å².